The minimum absolute atomic E-state index is 0.213. The van der Waals surface area contributed by atoms with Gasteiger partial charge in [-0.15, -0.1) is 16.3 Å². The minimum atomic E-state index is -0.924. The molecule has 9 nitrogen and oxygen atoms in total. The second-order valence-corrected chi connectivity index (χ2v) is 5.71. The van der Waals surface area contributed by atoms with E-state index in [0.29, 0.717) is 17.1 Å². The van der Waals surface area contributed by atoms with Crippen molar-refractivity contribution in [1.29, 1.82) is 0 Å². The summed E-state index contributed by atoms with van der Waals surface area (Å²) in [5.41, 5.74) is 1.37. The van der Waals surface area contributed by atoms with E-state index in [9.17, 15) is 14.4 Å². The average molecular weight is 376 g/mol. The van der Waals surface area contributed by atoms with Gasteiger partial charge in [-0.3, -0.25) is 10.1 Å². The lowest BCUT2D eigenvalue weighted by atomic mass is 10.2. The number of alkyl carbamates (subject to hydrolysis) is 1. The van der Waals surface area contributed by atoms with Crippen LogP contribution in [0.3, 0.4) is 0 Å². The lowest BCUT2D eigenvalue weighted by molar-refractivity contribution is -0.105. The molecule has 0 aliphatic carbocycles. The lowest BCUT2D eigenvalue weighted by Crippen LogP contribution is -2.36. The molecule has 0 aliphatic heterocycles. The van der Waals surface area contributed by atoms with Crippen LogP contribution in [0, 0.1) is 0 Å². The number of ether oxygens (including phenoxy) is 2. The Hall–Kier alpha value is -3.40. The van der Waals surface area contributed by atoms with E-state index in [4.69, 9.17) is 0 Å². The number of carbonyl (C=O) groups excluding carboxylic acids is 3. The van der Waals surface area contributed by atoms with Crippen molar-refractivity contribution < 1.29 is 23.9 Å². The van der Waals surface area contributed by atoms with Gasteiger partial charge in [0.05, 0.1) is 19.9 Å². The first-order chi connectivity index (χ1) is 12.6. The highest BCUT2D eigenvalue weighted by molar-refractivity contribution is 7.20. The maximum absolute atomic E-state index is 11.4. The third-order valence-corrected chi connectivity index (χ3v) is 4.13. The number of anilines is 2. The van der Waals surface area contributed by atoms with Crippen LogP contribution in [-0.2, 0) is 14.3 Å². The van der Waals surface area contributed by atoms with E-state index in [1.807, 2.05) is 30.3 Å². The molecule has 0 saturated heterocycles. The second kappa shape index (κ2) is 9.18. The summed E-state index contributed by atoms with van der Waals surface area (Å²) < 4.78 is 8.95. The molecule has 136 valence electrons. The van der Waals surface area contributed by atoms with E-state index < -0.39 is 12.2 Å². The van der Waals surface area contributed by atoms with Gasteiger partial charge in [0.2, 0.25) is 12.4 Å². The van der Waals surface area contributed by atoms with Crippen molar-refractivity contribution in [1.82, 2.24) is 5.32 Å². The number of benzene rings is 1. The third kappa shape index (κ3) is 5.05. The maximum Gasteiger partial charge on any atom is 0.436 e. The van der Waals surface area contributed by atoms with Crippen LogP contribution in [0.5, 0.6) is 0 Å². The molecule has 1 aromatic carbocycles. The quantitative estimate of drug-likeness (QED) is 0.429. The van der Waals surface area contributed by atoms with Crippen molar-refractivity contribution in [2.75, 3.05) is 24.9 Å². The van der Waals surface area contributed by atoms with E-state index in [1.54, 1.807) is 6.07 Å². The maximum atomic E-state index is 11.4. The molecule has 3 N–H and O–H groups in total. The number of nitrogens with one attached hydrogen (secondary N) is 3. The first kappa shape index (κ1) is 18.9. The van der Waals surface area contributed by atoms with Crippen molar-refractivity contribution in [3.8, 4) is 10.4 Å². The number of nitrogens with zero attached hydrogens (tertiary/aromatic N) is 1. The summed E-state index contributed by atoms with van der Waals surface area (Å²) in [5, 5.41) is 8.09. The molecule has 0 aliphatic rings. The molecule has 2 rings (SSSR count). The van der Waals surface area contributed by atoms with E-state index in [1.165, 1.54) is 18.4 Å². The van der Waals surface area contributed by atoms with Crippen LogP contribution in [0.4, 0.5) is 20.3 Å². The number of guanidine groups is 1. The van der Waals surface area contributed by atoms with Crippen LogP contribution in [0.2, 0.25) is 0 Å². The summed E-state index contributed by atoms with van der Waals surface area (Å²) in [5.74, 6) is -0.213. The number of thiophene rings is 1. The van der Waals surface area contributed by atoms with Crippen LogP contribution < -0.4 is 16.0 Å². The summed E-state index contributed by atoms with van der Waals surface area (Å²) in [6, 6.07) is 11.2. The summed E-state index contributed by atoms with van der Waals surface area (Å²) in [6.07, 6.45) is -1.23. The van der Waals surface area contributed by atoms with Gasteiger partial charge in [-0.25, -0.2) is 9.59 Å². The van der Waals surface area contributed by atoms with Gasteiger partial charge in [0.15, 0.2) is 0 Å². The molecule has 0 spiro atoms. The zero-order chi connectivity index (χ0) is 18.9. The van der Waals surface area contributed by atoms with Gasteiger partial charge in [0, 0.05) is 4.88 Å². The van der Waals surface area contributed by atoms with Crippen molar-refractivity contribution in [2.24, 2.45) is 4.99 Å². The molecule has 0 atom stereocenters. The Bertz CT molecular complexity index is 819. The molecule has 10 heteroatoms. The van der Waals surface area contributed by atoms with Gasteiger partial charge in [-0.05, 0) is 11.6 Å². The highest BCUT2D eigenvalue weighted by Gasteiger charge is 2.15. The largest absolute Gasteiger partial charge is 0.453 e. The number of hydrogen-bond acceptors (Lipinski definition) is 6. The van der Waals surface area contributed by atoms with Crippen LogP contribution in [0.1, 0.15) is 0 Å². The van der Waals surface area contributed by atoms with E-state index in [-0.39, 0.29) is 5.96 Å². The Morgan fingerprint density at radius 3 is 2.50 bits per heavy atom. The fraction of sp³-hybridized carbons (Fsp3) is 0.125. The van der Waals surface area contributed by atoms with Crippen molar-refractivity contribution in [3.63, 3.8) is 0 Å². The zero-order valence-electron chi connectivity index (χ0n) is 13.9. The molecule has 0 radical (unpaired) electrons. The number of amides is 3. The lowest BCUT2D eigenvalue weighted by Gasteiger charge is -2.10. The molecule has 2 aromatic rings. The number of rotatable bonds is 4. The fourth-order valence-electron chi connectivity index (χ4n) is 1.89. The summed E-state index contributed by atoms with van der Waals surface area (Å²) in [7, 11) is 2.32. The van der Waals surface area contributed by atoms with E-state index >= 15 is 0 Å². The van der Waals surface area contributed by atoms with E-state index in [0.717, 1.165) is 17.6 Å². The first-order valence-corrected chi connectivity index (χ1v) is 8.07. The second-order valence-electron chi connectivity index (χ2n) is 4.65. The summed E-state index contributed by atoms with van der Waals surface area (Å²) in [6.45, 7) is 0. The van der Waals surface area contributed by atoms with Gasteiger partial charge >= 0.3 is 12.2 Å². The molecule has 0 bridgehead atoms. The van der Waals surface area contributed by atoms with Crippen LogP contribution in [0.15, 0.2) is 41.4 Å². The number of aliphatic imine (C=N–C) groups is 1. The molecule has 26 heavy (non-hydrogen) atoms. The average Bonchev–Trinajstić information content (AvgIpc) is 3.05. The van der Waals surface area contributed by atoms with E-state index in [2.05, 4.69) is 30.4 Å². The SMILES string of the molecule is COC(=O)N=C(NC(=O)OC)Nc1cc(-c2ccccc2)sc1NC=O. The van der Waals surface area contributed by atoms with Gasteiger partial charge < -0.3 is 20.1 Å². The van der Waals surface area contributed by atoms with Crippen molar-refractivity contribution in [2.45, 2.75) is 0 Å². The van der Waals surface area contributed by atoms with Crippen molar-refractivity contribution in [3.05, 3.63) is 36.4 Å². The Kier molecular flexibility index (Phi) is 6.68. The summed E-state index contributed by atoms with van der Waals surface area (Å²) >= 11 is 1.31. The van der Waals surface area contributed by atoms with Crippen LogP contribution in [0.25, 0.3) is 10.4 Å². The molecule has 0 saturated carbocycles. The van der Waals surface area contributed by atoms with Crippen molar-refractivity contribution >= 4 is 46.6 Å². The number of methoxy groups -OCH3 is 2. The smallest absolute Gasteiger partial charge is 0.436 e. The predicted octanol–water partition coefficient (Wildman–Crippen LogP) is 2.87. The molecule has 3 amide bonds. The van der Waals surface area contributed by atoms with Gasteiger partial charge in [-0.2, -0.15) is 0 Å². The highest BCUT2D eigenvalue weighted by Crippen LogP contribution is 2.38. The fourth-order valence-corrected chi connectivity index (χ4v) is 2.87. The Morgan fingerprint density at radius 1 is 1.15 bits per heavy atom. The van der Waals surface area contributed by atoms with Gasteiger partial charge in [0.25, 0.3) is 0 Å². The van der Waals surface area contributed by atoms with Gasteiger partial charge in [-0.1, -0.05) is 30.3 Å². The molecule has 1 heterocycles. The topological polar surface area (TPSA) is 118 Å². The van der Waals surface area contributed by atoms with Gasteiger partial charge in [0.1, 0.15) is 5.00 Å². The monoisotopic (exact) mass is 376 g/mol. The van der Waals surface area contributed by atoms with Crippen LogP contribution >= 0.6 is 11.3 Å². The molecule has 0 fully saturated rings. The third-order valence-electron chi connectivity index (χ3n) is 3.02. The normalized spacial score (nSPS) is 10.6. The number of carbonyl (C=O) groups is 3. The molecule has 1 aromatic heterocycles. The zero-order valence-corrected chi connectivity index (χ0v) is 14.8. The first-order valence-electron chi connectivity index (χ1n) is 7.25. The molecular weight excluding hydrogens is 360 g/mol. The van der Waals surface area contributed by atoms with Crippen LogP contribution in [-0.4, -0.2) is 38.8 Å². The molecule has 0 unspecified atom stereocenters. The molecular formula is C16H16N4O5S. The Labute approximate surface area is 153 Å². The standard InChI is InChI=1S/C16H16N4O5S/c1-24-15(22)19-14(20-16(23)25-2)18-11-8-12(26-13(11)17-9-21)10-6-4-3-5-7-10/h3-9H,1-2H3,(H,17,21)(H2,18,19,20,22,23). The summed E-state index contributed by atoms with van der Waals surface area (Å²) in [4.78, 5) is 38.2. The Morgan fingerprint density at radius 2 is 1.88 bits per heavy atom. The number of hydrogen-bond donors (Lipinski definition) is 3. The Balaban J connectivity index is 2.35. The highest BCUT2D eigenvalue weighted by atomic mass is 32.1. The predicted molar refractivity (Wildman–Crippen MR) is 98.4 cm³/mol. The minimum Gasteiger partial charge on any atom is -0.453 e.